The predicted octanol–water partition coefficient (Wildman–Crippen LogP) is 4.39. The second-order valence-corrected chi connectivity index (χ2v) is 7.57. The van der Waals surface area contributed by atoms with Crippen LogP contribution in [0.1, 0.15) is 23.1 Å². The molecule has 1 unspecified atom stereocenters. The van der Waals surface area contributed by atoms with Crippen LogP contribution in [0.5, 0.6) is 11.5 Å². The standard InChI is InChI=1S/C21H19F3N2O4S/c1-12(27)13-7-8-17(18(9-13)29-2)30-10-14(28)11-31-19-15-5-3-4-6-16(15)25-20(26-19)21(22,23)24/h3-9,14,28H,10-11H2,1-2H3. The number of rotatable bonds is 8. The summed E-state index contributed by atoms with van der Waals surface area (Å²) in [5.41, 5.74) is 0.629. The highest BCUT2D eigenvalue weighted by Gasteiger charge is 2.35. The summed E-state index contributed by atoms with van der Waals surface area (Å²) in [6.07, 6.45) is -5.67. The third-order valence-electron chi connectivity index (χ3n) is 4.24. The van der Waals surface area contributed by atoms with Crippen LogP contribution in [0.15, 0.2) is 47.5 Å². The zero-order chi connectivity index (χ0) is 22.6. The molecule has 2 aromatic carbocycles. The Kier molecular flexibility index (Phi) is 7.01. The Bertz CT molecular complexity index is 1090. The van der Waals surface area contributed by atoms with Gasteiger partial charge in [0.05, 0.1) is 18.7 Å². The van der Waals surface area contributed by atoms with E-state index in [0.29, 0.717) is 22.4 Å². The van der Waals surface area contributed by atoms with Crippen molar-refractivity contribution in [3.8, 4) is 11.5 Å². The molecule has 0 aliphatic carbocycles. The number of aliphatic hydroxyl groups is 1. The first-order valence-corrected chi connectivity index (χ1v) is 10.1. The van der Waals surface area contributed by atoms with Crippen molar-refractivity contribution >= 4 is 28.4 Å². The van der Waals surface area contributed by atoms with Crippen molar-refractivity contribution in [1.29, 1.82) is 0 Å². The number of aliphatic hydroxyl groups excluding tert-OH is 1. The first-order chi connectivity index (χ1) is 14.7. The molecule has 3 rings (SSSR count). The molecule has 1 atom stereocenters. The number of ether oxygens (including phenoxy) is 2. The minimum atomic E-state index is -4.68. The van der Waals surface area contributed by atoms with Gasteiger partial charge in [-0.1, -0.05) is 18.2 Å². The number of halogens is 3. The monoisotopic (exact) mass is 452 g/mol. The molecule has 0 aliphatic heterocycles. The van der Waals surface area contributed by atoms with E-state index in [2.05, 4.69) is 9.97 Å². The fourth-order valence-corrected chi connectivity index (χ4v) is 3.62. The molecule has 6 nitrogen and oxygen atoms in total. The molecule has 0 saturated heterocycles. The average molecular weight is 452 g/mol. The summed E-state index contributed by atoms with van der Waals surface area (Å²) in [6, 6.07) is 11.0. The van der Waals surface area contributed by atoms with Crippen molar-refractivity contribution in [3.63, 3.8) is 0 Å². The van der Waals surface area contributed by atoms with E-state index in [0.717, 1.165) is 11.8 Å². The van der Waals surface area contributed by atoms with Gasteiger partial charge in [-0.25, -0.2) is 9.97 Å². The van der Waals surface area contributed by atoms with E-state index in [1.54, 1.807) is 30.3 Å². The lowest BCUT2D eigenvalue weighted by atomic mass is 10.1. The van der Waals surface area contributed by atoms with Crippen LogP contribution in [0.3, 0.4) is 0 Å². The van der Waals surface area contributed by atoms with Gasteiger partial charge in [-0.15, -0.1) is 11.8 Å². The third kappa shape index (κ3) is 5.65. The molecule has 31 heavy (non-hydrogen) atoms. The number of nitrogens with zero attached hydrogens (tertiary/aromatic N) is 2. The number of hydrogen-bond donors (Lipinski definition) is 1. The van der Waals surface area contributed by atoms with Crippen molar-refractivity contribution < 1.29 is 32.5 Å². The molecular weight excluding hydrogens is 433 g/mol. The summed E-state index contributed by atoms with van der Waals surface area (Å²) < 4.78 is 50.1. The Morgan fingerprint density at radius 2 is 1.90 bits per heavy atom. The zero-order valence-electron chi connectivity index (χ0n) is 16.6. The van der Waals surface area contributed by atoms with Crippen molar-refractivity contribution in [2.24, 2.45) is 0 Å². The van der Waals surface area contributed by atoms with E-state index in [4.69, 9.17) is 9.47 Å². The summed E-state index contributed by atoms with van der Waals surface area (Å²) in [7, 11) is 1.43. The molecule has 0 amide bonds. The summed E-state index contributed by atoms with van der Waals surface area (Å²) >= 11 is 0.983. The smallest absolute Gasteiger partial charge is 0.451 e. The number of para-hydroxylation sites is 1. The van der Waals surface area contributed by atoms with Gasteiger partial charge in [0.2, 0.25) is 5.82 Å². The van der Waals surface area contributed by atoms with E-state index >= 15 is 0 Å². The zero-order valence-corrected chi connectivity index (χ0v) is 17.5. The number of methoxy groups -OCH3 is 1. The highest BCUT2D eigenvalue weighted by molar-refractivity contribution is 7.99. The molecule has 0 saturated carbocycles. The fraction of sp³-hybridized carbons (Fsp3) is 0.286. The Hall–Kier alpha value is -2.85. The lowest BCUT2D eigenvalue weighted by Crippen LogP contribution is -2.20. The number of aromatic nitrogens is 2. The van der Waals surface area contributed by atoms with E-state index in [9.17, 15) is 23.1 Å². The van der Waals surface area contributed by atoms with Crippen LogP contribution in [-0.2, 0) is 6.18 Å². The van der Waals surface area contributed by atoms with E-state index < -0.39 is 18.1 Å². The van der Waals surface area contributed by atoms with Crippen LogP contribution < -0.4 is 9.47 Å². The maximum absolute atomic E-state index is 13.1. The molecule has 1 N–H and O–H groups in total. The number of carbonyl (C=O) groups is 1. The lowest BCUT2D eigenvalue weighted by Gasteiger charge is -2.15. The Morgan fingerprint density at radius 3 is 2.58 bits per heavy atom. The van der Waals surface area contributed by atoms with Gasteiger partial charge in [-0.2, -0.15) is 13.2 Å². The van der Waals surface area contributed by atoms with Crippen LogP contribution in [0.25, 0.3) is 10.9 Å². The molecule has 0 spiro atoms. The molecule has 0 aliphatic rings. The number of Topliss-reactive ketones (excluding diaryl/α,β-unsaturated/α-hetero) is 1. The molecular formula is C21H19F3N2O4S. The van der Waals surface area contributed by atoms with Gasteiger partial charge in [-0.3, -0.25) is 4.79 Å². The van der Waals surface area contributed by atoms with Crippen LogP contribution in [0, 0.1) is 0 Å². The largest absolute Gasteiger partial charge is 0.493 e. The second kappa shape index (κ2) is 9.52. The van der Waals surface area contributed by atoms with Gasteiger partial charge in [0.25, 0.3) is 0 Å². The molecule has 1 heterocycles. The quantitative estimate of drug-likeness (QED) is 0.308. The maximum atomic E-state index is 13.1. The van der Waals surface area contributed by atoms with Crippen molar-refractivity contribution in [2.75, 3.05) is 19.5 Å². The number of thioether (sulfide) groups is 1. The number of fused-ring (bicyclic) bond motifs is 1. The van der Waals surface area contributed by atoms with Gasteiger partial charge in [-0.05, 0) is 31.2 Å². The van der Waals surface area contributed by atoms with E-state index in [-0.39, 0.29) is 28.7 Å². The Labute approximate surface area is 180 Å². The third-order valence-corrected chi connectivity index (χ3v) is 5.37. The number of hydrogen-bond acceptors (Lipinski definition) is 7. The van der Waals surface area contributed by atoms with Crippen LogP contribution >= 0.6 is 11.8 Å². The van der Waals surface area contributed by atoms with E-state index in [1.165, 1.54) is 26.2 Å². The molecule has 0 radical (unpaired) electrons. The van der Waals surface area contributed by atoms with Crippen molar-refractivity contribution in [1.82, 2.24) is 9.97 Å². The molecule has 0 bridgehead atoms. The number of ketones is 1. The topological polar surface area (TPSA) is 81.5 Å². The summed E-state index contributed by atoms with van der Waals surface area (Å²) in [5.74, 6) is -0.634. The minimum Gasteiger partial charge on any atom is -0.493 e. The van der Waals surface area contributed by atoms with Gasteiger partial charge < -0.3 is 14.6 Å². The number of alkyl halides is 3. The summed E-state index contributed by atoms with van der Waals surface area (Å²) in [5, 5.41) is 10.9. The first kappa shape index (κ1) is 22.8. The normalized spacial score (nSPS) is 12.6. The summed E-state index contributed by atoms with van der Waals surface area (Å²) in [4.78, 5) is 18.7. The van der Waals surface area contributed by atoms with Crippen molar-refractivity contribution in [2.45, 2.75) is 24.2 Å². The van der Waals surface area contributed by atoms with Gasteiger partial charge in [0.15, 0.2) is 17.3 Å². The van der Waals surface area contributed by atoms with Gasteiger partial charge in [0, 0.05) is 16.7 Å². The first-order valence-electron chi connectivity index (χ1n) is 9.15. The van der Waals surface area contributed by atoms with E-state index in [1.807, 2.05) is 0 Å². The summed E-state index contributed by atoms with van der Waals surface area (Å²) in [6.45, 7) is 1.30. The maximum Gasteiger partial charge on any atom is 0.451 e. The van der Waals surface area contributed by atoms with Crippen LogP contribution in [0.2, 0.25) is 0 Å². The second-order valence-electron chi connectivity index (χ2n) is 6.56. The van der Waals surface area contributed by atoms with Gasteiger partial charge >= 0.3 is 6.18 Å². The average Bonchev–Trinajstić information content (AvgIpc) is 2.74. The van der Waals surface area contributed by atoms with Gasteiger partial charge in [0.1, 0.15) is 11.6 Å². The van der Waals surface area contributed by atoms with Crippen LogP contribution in [0.4, 0.5) is 13.2 Å². The fourth-order valence-electron chi connectivity index (χ4n) is 2.70. The number of carbonyl (C=O) groups excluding carboxylic acids is 1. The molecule has 164 valence electrons. The molecule has 10 heteroatoms. The molecule has 0 fully saturated rings. The minimum absolute atomic E-state index is 0.0478. The molecule has 1 aromatic heterocycles. The Balaban J connectivity index is 1.69. The lowest BCUT2D eigenvalue weighted by molar-refractivity contribution is -0.145. The highest BCUT2D eigenvalue weighted by Crippen LogP contribution is 2.33. The Morgan fingerprint density at radius 1 is 1.16 bits per heavy atom. The number of benzene rings is 2. The van der Waals surface area contributed by atoms with Crippen molar-refractivity contribution in [3.05, 3.63) is 53.9 Å². The van der Waals surface area contributed by atoms with Crippen LogP contribution in [-0.4, -0.2) is 46.4 Å². The SMILES string of the molecule is COc1cc(C(C)=O)ccc1OCC(O)CSc1nc(C(F)(F)F)nc2ccccc12. The predicted molar refractivity (Wildman–Crippen MR) is 110 cm³/mol. The highest BCUT2D eigenvalue weighted by atomic mass is 32.2. The molecule has 3 aromatic rings.